The van der Waals surface area contributed by atoms with Gasteiger partial charge < -0.3 is 9.84 Å². The van der Waals surface area contributed by atoms with Crippen LogP contribution in [0.1, 0.15) is 51.4 Å². The van der Waals surface area contributed by atoms with Crippen molar-refractivity contribution < 1.29 is 9.84 Å². The van der Waals surface area contributed by atoms with Crippen LogP contribution in [0, 0.1) is 5.92 Å². The van der Waals surface area contributed by atoms with Crippen molar-refractivity contribution in [2.75, 3.05) is 7.11 Å². The van der Waals surface area contributed by atoms with Crippen molar-refractivity contribution in [3.63, 3.8) is 0 Å². The van der Waals surface area contributed by atoms with Crippen LogP contribution in [0.5, 0.6) is 0 Å². The minimum atomic E-state index is -0.401. The summed E-state index contributed by atoms with van der Waals surface area (Å²) in [7, 11) is 1.76. The number of aliphatic hydroxyl groups is 1. The molecule has 0 aliphatic heterocycles. The molecular formula is C12H22O2. The molecule has 0 spiro atoms. The molecule has 0 heterocycles. The van der Waals surface area contributed by atoms with Crippen LogP contribution in [0.15, 0.2) is 0 Å². The van der Waals surface area contributed by atoms with Crippen molar-refractivity contribution in [3.05, 3.63) is 0 Å². The lowest BCUT2D eigenvalue weighted by Crippen LogP contribution is -2.38. The molecule has 0 aromatic heterocycles. The Kier molecular flexibility index (Phi) is 3.13. The van der Waals surface area contributed by atoms with Gasteiger partial charge in [0, 0.05) is 13.5 Å². The molecular weight excluding hydrogens is 176 g/mol. The zero-order valence-corrected chi connectivity index (χ0v) is 9.17. The van der Waals surface area contributed by atoms with E-state index in [-0.39, 0.29) is 0 Å². The molecule has 0 bridgehead atoms. The van der Waals surface area contributed by atoms with Gasteiger partial charge in [0.1, 0.15) is 0 Å². The van der Waals surface area contributed by atoms with E-state index in [1.807, 2.05) is 0 Å². The van der Waals surface area contributed by atoms with Gasteiger partial charge in [0.05, 0.1) is 11.7 Å². The Morgan fingerprint density at radius 1 is 1.36 bits per heavy atom. The highest BCUT2D eigenvalue weighted by molar-refractivity contribution is 4.88. The predicted molar refractivity (Wildman–Crippen MR) is 56.2 cm³/mol. The summed E-state index contributed by atoms with van der Waals surface area (Å²) in [5.74, 6) is 0.932. The highest BCUT2D eigenvalue weighted by Crippen LogP contribution is 2.39. The fourth-order valence-corrected chi connectivity index (χ4v) is 2.59. The highest BCUT2D eigenvalue weighted by Gasteiger charge is 2.35. The first-order valence-corrected chi connectivity index (χ1v) is 5.97. The average molecular weight is 198 g/mol. The van der Waals surface area contributed by atoms with Crippen molar-refractivity contribution in [1.29, 1.82) is 0 Å². The van der Waals surface area contributed by atoms with Crippen molar-refractivity contribution >= 4 is 0 Å². The number of hydrogen-bond acceptors (Lipinski definition) is 2. The van der Waals surface area contributed by atoms with Crippen LogP contribution >= 0.6 is 0 Å². The molecule has 2 heteroatoms. The van der Waals surface area contributed by atoms with Crippen molar-refractivity contribution in [1.82, 2.24) is 0 Å². The Morgan fingerprint density at radius 2 is 2.14 bits per heavy atom. The van der Waals surface area contributed by atoms with E-state index in [4.69, 9.17) is 4.74 Å². The first-order chi connectivity index (χ1) is 6.72. The van der Waals surface area contributed by atoms with Gasteiger partial charge in [0.25, 0.3) is 0 Å². The van der Waals surface area contributed by atoms with E-state index < -0.39 is 5.60 Å². The zero-order chi connectivity index (χ0) is 10.0. The van der Waals surface area contributed by atoms with Gasteiger partial charge in [-0.2, -0.15) is 0 Å². The summed E-state index contributed by atoms with van der Waals surface area (Å²) in [6, 6.07) is 0. The second-order valence-electron chi connectivity index (χ2n) is 5.16. The summed E-state index contributed by atoms with van der Waals surface area (Å²) in [4.78, 5) is 0. The normalized spacial score (nSPS) is 38.6. The first-order valence-electron chi connectivity index (χ1n) is 5.97. The SMILES string of the molecule is COC1CCCC(O)(CCC2CC2)C1. The van der Waals surface area contributed by atoms with Gasteiger partial charge in [-0.25, -0.2) is 0 Å². The third-order valence-corrected chi connectivity index (χ3v) is 3.82. The van der Waals surface area contributed by atoms with Gasteiger partial charge in [-0.1, -0.05) is 12.8 Å². The molecule has 2 rings (SSSR count). The largest absolute Gasteiger partial charge is 0.390 e. The lowest BCUT2D eigenvalue weighted by molar-refractivity contribution is -0.0648. The summed E-state index contributed by atoms with van der Waals surface area (Å²) in [5, 5.41) is 10.4. The Morgan fingerprint density at radius 3 is 2.79 bits per heavy atom. The maximum Gasteiger partial charge on any atom is 0.0672 e. The van der Waals surface area contributed by atoms with Gasteiger partial charge in [-0.3, -0.25) is 0 Å². The fourth-order valence-electron chi connectivity index (χ4n) is 2.59. The van der Waals surface area contributed by atoms with Crippen LogP contribution < -0.4 is 0 Å². The van der Waals surface area contributed by atoms with Gasteiger partial charge in [0.15, 0.2) is 0 Å². The molecule has 0 amide bonds. The molecule has 14 heavy (non-hydrogen) atoms. The molecule has 0 radical (unpaired) electrons. The van der Waals surface area contributed by atoms with Crippen LogP contribution in [-0.4, -0.2) is 23.9 Å². The minimum absolute atomic E-state index is 0.299. The molecule has 2 aliphatic carbocycles. The van der Waals surface area contributed by atoms with Crippen molar-refractivity contribution in [2.24, 2.45) is 5.92 Å². The van der Waals surface area contributed by atoms with E-state index in [2.05, 4.69) is 0 Å². The number of ether oxygens (including phenoxy) is 1. The van der Waals surface area contributed by atoms with Crippen molar-refractivity contribution in [2.45, 2.75) is 63.1 Å². The van der Waals surface area contributed by atoms with Crippen LogP contribution in [0.25, 0.3) is 0 Å². The average Bonchev–Trinajstić information content (AvgIpc) is 2.98. The number of hydrogen-bond donors (Lipinski definition) is 1. The van der Waals surface area contributed by atoms with Crippen molar-refractivity contribution in [3.8, 4) is 0 Å². The predicted octanol–water partition coefficient (Wildman–Crippen LogP) is 2.50. The molecule has 82 valence electrons. The first kappa shape index (κ1) is 10.4. The summed E-state index contributed by atoms with van der Waals surface area (Å²) in [6.45, 7) is 0. The van der Waals surface area contributed by atoms with E-state index in [0.717, 1.165) is 38.0 Å². The topological polar surface area (TPSA) is 29.5 Å². The maximum atomic E-state index is 10.4. The Hall–Kier alpha value is -0.0800. The number of methoxy groups -OCH3 is 1. The third-order valence-electron chi connectivity index (χ3n) is 3.82. The van der Waals surface area contributed by atoms with Crippen LogP contribution in [-0.2, 0) is 4.74 Å². The molecule has 0 aromatic rings. The molecule has 2 saturated carbocycles. The smallest absolute Gasteiger partial charge is 0.0672 e. The fraction of sp³-hybridized carbons (Fsp3) is 1.00. The van der Waals surface area contributed by atoms with E-state index in [1.54, 1.807) is 7.11 Å². The summed E-state index contributed by atoms with van der Waals surface area (Å²) in [6.07, 6.45) is 9.41. The van der Waals surface area contributed by atoms with Gasteiger partial charge >= 0.3 is 0 Å². The lowest BCUT2D eigenvalue weighted by atomic mass is 9.79. The van der Waals surface area contributed by atoms with Gasteiger partial charge in [-0.15, -0.1) is 0 Å². The molecule has 2 aliphatic rings. The van der Waals surface area contributed by atoms with Crippen LogP contribution in [0.2, 0.25) is 0 Å². The van der Waals surface area contributed by atoms with E-state index in [1.165, 1.54) is 19.3 Å². The zero-order valence-electron chi connectivity index (χ0n) is 9.17. The summed E-state index contributed by atoms with van der Waals surface area (Å²) >= 11 is 0. The molecule has 0 aromatic carbocycles. The second kappa shape index (κ2) is 4.19. The lowest BCUT2D eigenvalue weighted by Gasteiger charge is -2.36. The molecule has 2 atom stereocenters. The van der Waals surface area contributed by atoms with Crippen LogP contribution in [0.4, 0.5) is 0 Å². The Balaban J connectivity index is 1.79. The highest BCUT2D eigenvalue weighted by atomic mass is 16.5. The van der Waals surface area contributed by atoms with Crippen LogP contribution in [0.3, 0.4) is 0 Å². The van der Waals surface area contributed by atoms with Gasteiger partial charge in [-0.05, 0) is 38.0 Å². The molecule has 2 fully saturated rings. The summed E-state index contributed by atoms with van der Waals surface area (Å²) < 4.78 is 5.35. The van der Waals surface area contributed by atoms with E-state index in [9.17, 15) is 5.11 Å². The van der Waals surface area contributed by atoms with E-state index >= 15 is 0 Å². The Labute approximate surface area is 86.6 Å². The second-order valence-corrected chi connectivity index (χ2v) is 5.16. The standard InChI is InChI=1S/C12H22O2/c1-14-11-3-2-7-12(13,9-11)8-6-10-4-5-10/h10-11,13H,2-9H2,1H3. The monoisotopic (exact) mass is 198 g/mol. The van der Waals surface area contributed by atoms with Gasteiger partial charge in [0.2, 0.25) is 0 Å². The molecule has 0 saturated heterocycles. The molecule has 2 nitrogen and oxygen atoms in total. The molecule has 1 N–H and O–H groups in total. The Bertz CT molecular complexity index is 189. The maximum absolute atomic E-state index is 10.4. The summed E-state index contributed by atoms with van der Waals surface area (Å²) in [5.41, 5.74) is -0.401. The van der Waals surface area contributed by atoms with E-state index in [0.29, 0.717) is 6.10 Å². The molecule has 2 unspecified atom stereocenters. The number of rotatable bonds is 4. The third kappa shape index (κ3) is 2.71. The quantitative estimate of drug-likeness (QED) is 0.752. The minimum Gasteiger partial charge on any atom is -0.390 e.